The number of piperidine rings is 1. The number of morpholine rings is 1. The minimum absolute atomic E-state index is 0.0123. The Morgan fingerprint density at radius 3 is 2.57 bits per heavy atom. The van der Waals surface area contributed by atoms with Crippen LogP contribution in [0, 0.1) is 0 Å². The van der Waals surface area contributed by atoms with Crippen LogP contribution in [-0.2, 0) is 14.3 Å². The summed E-state index contributed by atoms with van der Waals surface area (Å²) in [7, 11) is 0. The molecule has 1 amide bonds. The number of unbranched alkanes of at least 4 members (excludes halogenated alkanes) is 1. The predicted molar refractivity (Wildman–Crippen MR) is 78.1 cm³/mol. The highest BCUT2D eigenvalue weighted by atomic mass is 16.5. The van der Waals surface area contributed by atoms with Crippen molar-refractivity contribution in [1.82, 2.24) is 9.80 Å². The van der Waals surface area contributed by atoms with Gasteiger partial charge in [-0.25, -0.2) is 0 Å². The van der Waals surface area contributed by atoms with Gasteiger partial charge in [0.25, 0.3) is 0 Å². The Balaban J connectivity index is 1.82. The molecular weight excluding hydrogens is 272 g/mol. The molecule has 120 valence electrons. The van der Waals surface area contributed by atoms with Gasteiger partial charge in [0.15, 0.2) is 0 Å². The van der Waals surface area contributed by atoms with Crippen molar-refractivity contribution in [2.75, 3.05) is 39.4 Å². The number of carboxylic acids is 1. The lowest BCUT2D eigenvalue weighted by molar-refractivity contribution is -0.142. The van der Waals surface area contributed by atoms with Gasteiger partial charge in [0.1, 0.15) is 0 Å². The summed E-state index contributed by atoms with van der Waals surface area (Å²) in [6, 6.07) is -0.0123. The van der Waals surface area contributed by atoms with Crippen LogP contribution in [0.5, 0.6) is 0 Å². The van der Waals surface area contributed by atoms with E-state index in [4.69, 9.17) is 9.84 Å². The zero-order chi connectivity index (χ0) is 15.1. The predicted octanol–water partition coefficient (Wildman–Crippen LogP) is 0.955. The van der Waals surface area contributed by atoms with E-state index in [1.165, 1.54) is 0 Å². The number of carbonyl (C=O) groups is 2. The Morgan fingerprint density at radius 2 is 1.86 bits per heavy atom. The van der Waals surface area contributed by atoms with Gasteiger partial charge < -0.3 is 14.7 Å². The van der Waals surface area contributed by atoms with Gasteiger partial charge >= 0.3 is 5.97 Å². The van der Waals surface area contributed by atoms with Gasteiger partial charge in [-0.3, -0.25) is 14.5 Å². The van der Waals surface area contributed by atoms with Crippen molar-refractivity contribution in [1.29, 1.82) is 0 Å². The van der Waals surface area contributed by atoms with E-state index in [0.29, 0.717) is 32.7 Å². The normalized spacial score (nSPS) is 24.0. The van der Waals surface area contributed by atoms with E-state index < -0.39 is 5.97 Å². The molecule has 2 aliphatic heterocycles. The van der Waals surface area contributed by atoms with E-state index >= 15 is 0 Å². The van der Waals surface area contributed by atoms with Crippen LogP contribution in [-0.4, -0.2) is 72.2 Å². The highest BCUT2D eigenvalue weighted by Gasteiger charge is 2.32. The minimum atomic E-state index is -0.741. The lowest BCUT2D eigenvalue weighted by Gasteiger charge is -2.38. The maximum Gasteiger partial charge on any atom is 0.303 e. The number of hydrogen-bond acceptors (Lipinski definition) is 4. The second-order valence-electron chi connectivity index (χ2n) is 5.84. The van der Waals surface area contributed by atoms with E-state index in [1.807, 2.05) is 4.90 Å². The first-order valence-corrected chi connectivity index (χ1v) is 8.01. The molecule has 2 fully saturated rings. The van der Waals surface area contributed by atoms with Gasteiger partial charge in [-0.15, -0.1) is 0 Å². The summed E-state index contributed by atoms with van der Waals surface area (Å²) in [6.45, 7) is 4.44. The molecule has 0 aromatic rings. The summed E-state index contributed by atoms with van der Waals surface area (Å²) in [5, 5.41) is 8.67. The Bertz CT molecular complexity index is 356. The van der Waals surface area contributed by atoms with Crippen LogP contribution >= 0.6 is 0 Å². The van der Waals surface area contributed by atoms with Gasteiger partial charge in [-0.05, 0) is 38.8 Å². The van der Waals surface area contributed by atoms with Gasteiger partial charge in [0.05, 0.1) is 19.3 Å². The molecular formula is C15H26N2O4. The molecule has 1 atom stereocenters. The zero-order valence-corrected chi connectivity index (χ0v) is 12.6. The number of nitrogens with zero attached hydrogens (tertiary/aromatic N) is 2. The molecule has 0 aromatic carbocycles. The highest BCUT2D eigenvalue weighted by Crippen LogP contribution is 2.20. The average molecular weight is 298 g/mol. The number of likely N-dealkylation sites (tertiary alicyclic amines) is 1. The van der Waals surface area contributed by atoms with Crippen molar-refractivity contribution in [3.05, 3.63) is 0 Å². The molecule has 2 heterocycles. The summed E-state index contributed by atoms with van der Waals surface area (Å²) in [5.41, 5.74) is 0. The van der Waals surface area contributed by atoms with Crippen LogP contribution in [0.3, 0.4) is 0 Å². The minimum Gasteiger partial charge on any atom is -0.481 e. The van der Waals surface area contributed by atoms with E-state index in [1.54, 1.807) is 0 Å². The van der Waals surface area contributed by atoms with Crippen molar-refractivity contribution >= 4 is 11.9 Å². The van der Waals surface area contributed by atoms with Crippen molar-refractivity contribution in [3.8, 4) is 0 Å². The first-order chi connectivity index (χ1) is 10.2. The molecule has 6 nitrogen and oxygen atoms in total. The lowest BCUT2D eigenvalue weighted by atomic mass is 10.00. The topological polar surface area (TPSA) is 70.1 Å². The number of amides is 1. The number of carbonyl (C=O) groups excluding carboxylic acids is 1. The average Bonchev–Trinajstić information content (AvgIpc) is 2.52. The van der Waals surface area contributed by atoms with Gasteiger partial charge in [-0.2, -0.15) is 0 Å². The number of ether oxygens (including phenoxy) is 1. The molecule has 2 aliphatic rings. The Hall–Kier alpha value is -1.14. The maximum atomic E-state index is 12.6. The second-order valence-corrected chi connectivity index (χ2v) is 5.84. The van der Waals surface area contributed by atoms with Crippen LogP contribution in [0.4, 0.5) is 0 Å². The van der Waals surface area contributed by atoms with E-state index in [-0.39, 0.29) is 18.4 Å². The molecule has 0 spiro atoms. The van der Waals surface area contributed by atoms with Gasteiger partial charge in [0, 0.05) is 19.5 Å². The number of hydrogen-bond donors (Lipinski definition) is 1. The molecule has 6 heteroatoms. The Morgan fingerprint density at radius 1 is 1.10 bits per heavy atom. The molecule has 0 aromatic heterocycles. The lowest BCUT2D eigenvalue weighted by Crippen LogP contribution is -2.53. The molecule has 2 saturated heterocycles. The molecule has 1 unspecified atom stereocenters. The monoisotopic (exact) mass is 298 g/mol. The second kappa shape index (κ2) is 8.34. The van der Waals surface area contributed by atoms with Gasteiger partial charge in [-0.1, -0.05) is 6.42 Å². The summed E-state index contributed by atoms with van der Waals surface area (Å²) >= 11 is 0. The Labute approximate surface area is 126 Å². The standard InChI is InChI=1S/C15H26N2O4/c18-14(19)6-2-4-8-16-7-3-1-5-13(16)15(20)17-9-11-21-12-10-17/h13H,1-12H2,(H,18,19). The van der Waals surface area contributed by atoms with E-state index in [0.717, 1.165) is 38.8 Å². The first kappa shape index (κ1) is 16.2. The summed E-state index contributed by atoms with van der Waals surface area (Å²) in [4.78, 5) is 27.4. The fraction of sp³-hybridized carbons (Fsp3) is 0.867. The highest BCUT2D eigenvalue weighted by molar-refractivity contribution is 5.82. The number of carboxylic acid groups (broad SMARTS) is 1. The third-order valence-corrected chi connectivity index (χ3v) is 4.31. The van der Waals surface area contributed by atoms with E-state index in [9.17, 15) is 9.59 Å². The SMILES string of the molecule is O=C(O)CCCCN1CCCCC1C(=O)N1CCOCC1. The fourth-order valence-electron chi connectivity index (χ4n) is 3.12. The molecule has 1 N–H and O–H groups in total. The zero-order valence-electron chi connectivity index (χ0n) is 12.6. The molecule has 0 saturated carbocycles. The molecule has 0 aliphatic carbocycles. The fourth-order valence-corrected chi connectivity index (χ4v) is 3.12. The molecule has 21 heavy (non-hydrogen) atoms. The largest absolute Gasteiger partial charge is 0.481 e. The number of aliphatic carboxylic acids is 1. The van der Waals surface area contributed by atoms with Crippen molar-refractivity contribution in [2.24, 2.45) is 0 Å². The maximum absolute atomic E-state index is 12.6. The molecule has 2 rings (SSSR count). The van der Waals surface area contributed by atoms with Crippen LogP contribution in [0.15, 0.2) is 0 Å². The quantitative estimate of drug-likeness (QED) is 0.740. The van der Waals surface area contributed by atoms with Crippen molar-refractivity contribution in [3.63, 3.8) is 0 Å². The summed E-state index contributed by atoms with van der Waals surface area (Å²) in [6.07, 6.45) is 4.91. The van der Waals surface area contributed by atoms with Crippen molar-refractivity contribution < 1.29 is 19.4 Å². The number of rotatable bonds is 6. The van der Waals surface area contributed by atoms with Gasteiger partial charge in [0.2, 0.25) is 5.91 Å². The van der Waals surface area contributed by atoms with Crippen molar-refractivity contribution in [2.45, 2.75) is 44.6 Å². The summed E-state index contributed by atoms with van der Waals surface area (Å²) < 4.78 is 5.30. The van der Waals surface area contributed by atoms with Crippen LogP contribution in [0.25, 0.3) is 0 Å². The first-order valence-electron chi connectivity index (χ1n) is 8.01. The summed E-state index contributed by atoms with van der Waals surface area (Å²) in [5.74, 6) is -0.508. The smallest absolute Gasteiger partial charge is 0.303 e. The third-order valence-electron chi connectivity index (χ3n) is 4.31. The van der Waals surface area contributed by atoms with Crippen LogP contribution in [0.1, 0.15) is 38.5 Å². The third kappa shape index (κ3) is 4.97. The Kier molecular flexibility index (Phi) is 6.45. The molecule has 0 bridgehead atoms. The van der Waals surface area contributed by atoms with Crippen LogP contribution < -0.4 is 0 Å². The van der Waals surface area contributed by atoms with E-state index in [2.05, 4.69) is 4.90 Å². The molecule has 0 radical (unpaired) electrons. The van der Waals surface area contributed by atoms with Crippen LogP contribution in [0.2, 0.25) is 0 Å².